The minimum absolute atomic E-state index is 0. The van der Waals surface area contributed by atoms with E-state index in [2.05, 4.69) is 0 Å². The fourth-order valence-electron chi connectivity index (χ4n) is 0. The third-order valence-corrected chi connectivity index (χ3v) is 0. The number of hydrogen-bond acceptors (Lipinski definition) is 16. The summed E-state index contributed by atoms with van der Waals surface area (Å²) in [6.07, 6.45) is 0. The van der Waals surface area contributed by atoms with Crippen molar-refractivity contribution < 1.29 is 156 Å². The first kappa shape index (κ1) is 50.6. The zero-order chi connectivity index (χ0) is 18.0. The van der Waals surface area contributed by atoms with Crippen molar-refractivity contribution >= 4 is 31.3 Å². The first-order valence-corrected chi connectivity index (χ1v) is 8.76. The maximum Gasteiger partial charge on any atom is 2.00 e. The van der Waals surface area contributed by atoms with E-state index in [4.69, 9.17) is 77.0 Å². The van der Waals surface area contributed by atoms with Crippen LogP contribution in [0.3, 0.4) is 0 Å². The molecule has 0 radical (unpaired) electrons. The molecule has 0 atom stereocenters. The van der Waals surface area contributed by atoms with E-state index in [1.807, 2.05) is 0 Å². The van der Waals surface area contributed by atoms with Gasteiger partial charge in [-0.25, -0.2) is 0 Å². The molecule has 0 aromatic heterocycles. The molecule has 0 aromatic rings. The second-order valence-electron chi connectivity index (χ2n) is 1.79. The zero-order valence-electron chi connectivity index (χ0n) is 10.9. The molecule has 0 heterocycles. The summed E-state index contributed by atoms with van der Waals surface area (Å²) in [5.41, 5.74) is 0. The third kappa shape index (κ3) is 1600. The van der Waals surface area contributed by atoms with Crippen molar-refractivity contribution in [3.63, 3.8) is 0 Å². The Morgan fingerprint density at radius 2 is 0.333 bits per heavy atom. The molecule has 0 aliphatic heterocycles. The van der Waals surface area contributed by atoms with Crippen LogP contribution in [0.25, 0.3) is 0 Å². The average Bonchev–Trinajstić information content (AvgIpc) is 1.62. The van der Waals surface area contributed by atoms with Crippen LogP contribution in [-0.4, -0.2) is 0 Å². The van der Waals surface area contributed by atoms with E-state index in [1.54, 1.807) is 0 Å². The van der Waals surface area contributed by atoms with Crippen LogP contribution >= 0.6 is 31.3 Å². The molecule has 0 aliphatic rings. The Balaban J connectivity index is -0.0000000225. The Labute approximate surface area is 186 Å². The van der Waals surface area contributed by atoms with Crippen molar-refractivity contribution in [3.8, 4) is 0 Å². The van der Waals surface area contributed by atoms with Gasteiger partial charge in [0.1, 0.15) is 0 Å². The molecule has 24 heavy (non-hydrogen) atoms. The van der Waals surface area contributed by atoms with Crippen LogP contribution in [-0.2, 0) is 97.8 Å². The smallest absolute Gasteiger partial charge is 0.822 e. The van der Waals surface area contributed by atoms with Crippen LogP contribution < -0.4 is 58.7 Å². The molecule has 24 heteroatoms. The Bertz CT molecular complexity index is 298. The van der Waals surface area contributed by atoms with Gasteiger partial charge in [-0.2, -0.15) is 31.3 Å². The molecule has 0 aliphatic carbocycles. The van der Waals surface area contributed by atoms with Gasteiger partial charge in [-0.1, -0.05) is 0 Å². The van der Waals surface area contributed by atoms with Crippen LogP contribution in [0.15, 0.2) is 0 Å². The molecule has 0 N–H and O–H groups in total. The van der Waals surface area contributed by atoms with E-state index >= 15 is 0 Å². The van der Waals surface area contributed by atoms with Crippen molar-refractivity contribution in [1.82, 2.24) is 0 Å². The second-order valence-corrected chi connectivity index (χ2v) is 5.37. The molecule has 0 saturated carbocycles. The topological polar surface area (TPSA) is 345 Å². The van der Waals surface area contributed by atoms with Crippen LogP contribution in [0.1, 0.15) is 0 Å². The first-order valence-electron chi connectivity index (χ1n) is 2.92. The summed E-state index contributed by atoms with van der Waals surface area (Å²) in [6, 6.07) is 0. The molecular weight excluding hydrogens is 672 g/mol. The second kappa shape index (κ2) is 22.3. The molecule has 0 spiro atoms. The van der Waals surface area contributed by atoms with Crippen LogP contribution in [0.2, 0.25) is 0 Å². The molecule has 0 unspecified atom stereocenters. The molecule has 0 rings (SSSR count). The third-order valence-electron chi connectivity index (χ3n) is 0. The molecule has 0 fully saturated rings. The van der Waals surface area contributed by atoms with Gasteiger partial charge in [-0.3, -0.25) is 0 Å². The quantitative estimate of drug-likeness (QED) is 0.170. The van der Waals surface area contributed by atoms with Crippen molar-refractivity contribution in [1.29, 1.82) is 0 Å². The standard InChI is InChI=1S/Mo.4H3O4P.3Zn/c;4*1-5(2,3)4;;;/h;4*(H3,1,2,3,4);;;/q;;;;;3*+2/p-12. The van der Waals surface area contributed by atoms with Crippen molar-refractivity contribution in [3.05, 3.63) is 0 Å². The van der Waals surface area contributed by atoms with E-state index in [9.17, 15) is 0 Å². The van der Waals surface area contributed by atoms with Gasteiger partial charge in [0.25, 0.3) is 0 Å². The average molecular weight is 672 g/mol. The number of phosphoric acid groups is 4. The molecule has 0 aromatic carbocycles. The van der Waals surface area contributed by atoms with Gasteiger partial charge in [-0.15, -0.1) is 0 Å². The minimum atomic E-state index is -5.39. The maximum absolute atomic E-state index is 8.55. The van der Waals surface area contributed by atoms with Gasteiger partial charge in [-0.05, 0) is 0 Å². The van der Waals surface area contributed by atoms with Gasteiger partial charge < -0.3 is 77.0 Å². The van der Waals surface area contributed by atoms with Gasteiger partial charge in [0.2, 0.25) is 0 Å². The van der Waals surface area contributed by atoms with Gasteiger partial charge >= 0.3 is 58.4 Å². The molecule has 0 saturated heterocycles. The van der Waals surface area contributed by atoms with E-state index in [1.165, 1.54) is 0 Å². The predicted molar refractivity (Wildman–Crippen MR) is 30.4 cm³/mol. The monoisotopic (exact) mass is 670 g/mol. The SMILES string of the molecule is O=P([O-])([O-])[O-].O=P([O-])([O-])[O-].O=P([O-])([O-])[O-].O=P([O-])([O-])[O-].[Mo].[Zn+2].[Zn+2].[Zn+2]. The van der Waals surface area contributed by atoms with Crippen molar-refractivity contribution in [2.75, 3.05) is 0 Å². The summed E-state index contributed by atoms with van der Waals surface area (Å²) < 4.78 is 34.2. The summed E-state index contributed by atoms with van der Waals surface area (Å²) in [5.74, 6) is 0. The van der Waals surface area contributed by atoms with E-state index in [0.717, 1.165) is 0 Å². The Morgan fingerprint density at radius 3 is 0.333 bits per heavy atom. The normalized spacial score (nSPS) is 9.83. The molecule has 16 nitrogen and oxygen atoms in total. The zero-order valence-corrected chi connectivity index (χ0v) is 25.3. The predicted octanol–water partition coefficient (Wildman–Crippen LogP) is -11.3. The summed E-state index contributed by atoms with van der Waals surface area (Å²) in [4.78, 5) is 103. The Morgan fingerprint density at radius 1 is 0.333 bits per heavy atom. The Kier molecular flexibility index (Phi) is 47.0. The Hall–Kier alpha value is 3.00. The van der Waals surface area contributed by atoms with Crippen molar-refractivity contribution in [2.24, 2.45) is 0 Å². The maximum atomic E-state index is 8.55. The largest absolute Gasteiger partial charge is 2.00 e. The summed E-state index contributed by atoms with van der Waals surface area (Å²) >= 11 is 0. The summed E-state index contributed by atoms with van der Waals surface area (Å²) in [6.45, 7) is 0. The fourth-order valence-corrected chi connectivity index (χ4v) is 0. The van der Waals surface area contributed by atoms with Crippen LogP contribution in [0.4, 0.5) is 0 Å². The minimum Gasteiger partial charge on any atom is -0.822 e. The van der Waals surface area contributed by atoms with E-state index in [0.29, 0.717) is 0 Å². The van der Waals surface area contributed by atoms with Gasteiger partial charge in [0.05, 0.1) is 0 Å². The van der Waals surface area contributed by atoms with Crippen molar-refractivity contribution in [2.45, 2.75) is 0 Å². The van der Waals surface area contributed by atoms with Gasteiger partial charge in [0.15, 0.2) is 0 Å². The van der Waals surface area contributed by atoms with Crippen LogP contribution in [0.5, 0.6) is 0 Å². The molecule has 134 valence electrons. The van der Waals surface area contributed by atoms with Gasteiger partial charge in [0, 0.05) is 21.1 Å². The molecule has 0 amide bonds. The van der Waals surface area contributed by atoms with E-state index < -0.39 is 31.3 Å². The number of hydrogen-bond donors (Lipinski definition) is 0. The van der Waals surface area contributed by atoms with Crippen LogP contribution in [0, 0.1) is 0 Å². The number of rotatable bonds is 0. The molecule has 0 bridgehead atoms. The summed E-state index contributed by atoms with van der Waals surface area (Å²) in [7, 11) is -21.6. The summed E-state index contributed by atoms with van der Waals surface area (Å²) in [5, 5.41) is 0. The van der Waals surface area contributed by atoms with E-state index in [-0.39, 0.29) is 79.5 Å². The first-order chi connectivity index (χ1) is 8.00. The fraction of sp³-hybridized carbons (Fsp3) is 0. The molecular formula is MoO16P4Zn3-6.